The molecule has 2 aliphatic rings. The average Bonchev–Trinajstić information content (AvgIpc) is 3.16. The molecule has 0 aliphatic carbocycles. The summed E-state index contributed by atoms with van der Waals surface area (Å²) in [7, 11) is 0. The summed E-state index contributed by atoms with van der Waals surface area (Å²) >= 11 is 0. The molecule has 2 aromatic rings. The van der Waals surface area contributed by atoms with Crippen LogP contribution in [0.15, 0.2) is 54.4 Å². The Morgan fingerprint density at radius 1 is 1.19 bits per heavy atom. The summed E-state index contributed by atoms with van der Waals surface area (Å²) in [6.45, 7) is 8.31. The topological polar surface area (TPSA) is 28.6 Å². The van der Waals surface area contributed by atoms with Gasteiger partial charge in [-0.05, 0) is 55.3 Å². The summed E-state index contributed by atoms with van der Waals surface area (Å²) in [6, 6.07) is 13.2. The first-order valence-electron chi connectivity index (χ1n) is 10.1. The number of aromatic nitrogens is 1. The fourth-order valence-corrected chi connectivity index (χ4v) is 4.29. The van der Waals surface area contributed by atoms with Gasteiger partial charge in [-0.2, -0.15) is 0 Å². The normalized spacial score (nSPS) is 19.6. The van der Waals surface area contributed by atoms with E-state index in [1.807, 2.05) is 30.6 Å². The molecule has 4 nitrogen and oxygen atoms in total. The lowest BCUT2D eigenvalue weighted by molar-refractivity contribution is 0.176. The van der Waals surface area contributed by atoms with Gasteiger partial charge in [-0.25, -0.2) is 0 Å². The van der Waals surface area contributed by atoms with Crippen molar-refractivity contribution >= 4 is 6.08 Å². The van der Waals surface area contributed by atoms with Crippen molar-refractivity contribution in [2.24, 2.45) is 0 Å². The maximum absolute atomic E-state index is 5.98. The number of likely N-dealkylation sites (tertiary alicyclic amines) is 1. The zero-order chi connectivity index (χ0) is 18.5. The van der Waals surface area contributed by atoms with Crippen molar-refractivity contribution in [3.05, 3.63) is 65.5 Å². The smallest absolute Gasteiger partial charge is 0.127 e. The summed E-state index contributed by atoms with van der Waals surface area (Å²) in [6.07, 6.45) is 8.76. The number of hydrogen-bond acceptors (Lipinski definition) is 4. The molecule has 3 heterocycles. The predicted octanol–water partition coefficient (Wildman–Crippen LogP) is 3.84. The van der Waals surface area contributed by atoms with Crippen LogP contribution in [0.5, 0.6) is 5.75 Å². The Bertz CT molecular complexity index is 774. The first-order chi connectivity index (χ1) is 13.3. The first kappa shape index (κ1) is 18.2. The fourth-order valence-electron chi connectivity index (χ4n) is 4.29. The maximum atomic E-state index is 5.98. The average molecular weight is 364 g/mol. The number of nitrogens with zero attached hydrogens (tertiary/aromatic N) is 3. The number of rotatable bonds is 7. The molecule has 142 valence electrons. The third kappa shape index (κ3) is 4.57. The lowest BCUT2D eigenvalue weighted by Crippen LogP contribution is -2.41. The van der Waals surface area contributed by atoms with Gasteiger partial charge in [0.2, 0.25) is 0 Å². The van der Waals surface area contributed by atoms with E-state index < -0.39 is 0 Å². The van der Waals surface area contributed by atoms with Gasteiger partial charge >= 0.3 is 0 Å². The second-order valence-electron chi connectivity index (χ2n) is 7.58. The van der Waals surface area contributed by atoms with E-state index in [1.54, 1.807) is 0 Å². The lowest BCUT2D eigenvalue weighted by Gasteiger charge is -2.31. The minimum atomic E-state index is 0.657. The molecule has 2 aliphatic heterocycles. The monoisotopic (exact) mass is 363 g/mol. The Hall–Kier alpha value is -2.17. The van der Waals surface area contributed by atoms with Gasteiger partial charge in [0, 0.05) is 43.6 Å². The van der Waals surface area contributed by atoms with E-state index in [2.05, 4.69) is 46.0 Å². The second-order valence-corrected chi connectivity index (χ2v) is 7.58. The Kier molecular flexibility index (Phi) is 5.85. The van der Waals surface area contributed by atoms with E-state index in [1.165, 1.54) is 36.1 Å². The largest absolute Gasteiger partial charge is 0.489 e. The van der Waals surface area contributed by atoms with Gasteiger partial charge < -0.3 is 4.74 Å². The zero-order valence-corrected chi connectivity index (χ0v) is 16.2. The number of benzene rings is 1. The molecule has 1 aromatic heterocycles. The molecule has 0 amide bonds. The highest BCUT2D eigenvalue weighted by Gasteiger charge is 2.26. The molecule has 1 saturated heterocycles. The number of hydrogen-bond donors (Lipinski definition) is 0. The molecular formula is C23H29N3O. The van der Waals surface area contributed by atoms with Crippen molar-refractivity contribution in [1.29, 1.82) is 0 Å². The minimum Gasteiger partial charge on any atom is -0.489 e. The van der Waals surface area contributed by atoms with E-state index in [-0.39, 0.29) is 0 Å². The molecule has 0 radical (unpaired) electrons. The highest BCUT2D eigenvalue weighted by molar-refractivity contribution is 5.62. The molecule has 1 aromatic carbocycles. The maximum Gasteiger partial charge on any atom is 0.127 e. The van der Waals surface area contributed by atoms with Crippen LogP contribution in [-0.2, 0) is 6.54 Å². The summed E-state index contributed by atoms with van der Waals surface area (Å²) in [5.41, 5.74) is 3.81. The van der Waals surface area contributed by atoms with Crippen LogP contribution in [0.2, 0.25) is 0 Å². The Balaban J connectivity index is 1.50. The van der Waals surface area contributed by atoms with Gasteiger partial charge in [0.05, 0.1) is 0 Å². The Morgan fingerprint density at radius 3 is 2.96 bits per heavy atom. The van der Waals surface area contributed by atoms with Crippen LogP contribution in [-0.4, -0.2) is 53.6 Å². The third-order valence-electron chi connectivity index (χ3n) is 5.62. The Morgan fingerprint density at radius 2 is 2.11 bits per heavy atom. The van der Waals surface area contributed by atoms with Crippen LogP contribution in [0.4, 0.5) is 0 Å². The number of ether oxygens (including phenoxy) is 1. The molecule has 0 saturated carbocycles. The van der Waals surface area contributed by atoms with Crippen molar-refractivity contribution in [2.75, 3.05) is 32.8 Å². The molecule has 0 bridgehead atoms. The van der Waals surface area contributed by atoms with Crippen molar-refractivity contribution in [2.45, 2.75) is 32.4 Å². The van der Waals surface area contributed by atoms with Crippen LogP contribution in [0.25, 0.3) is 6.08 Å². The molecular weight excluding hydrogens is 334 g/mol. The van der Waals surface area contributed by atoms with Gasteiger partial charge in [-0.15, -0.1) is 0 Å². The van der Waals surface area contributed by atoms with E-state index >= 15 is 0 Å². The van der Waals surface area contributed by atoms with Gasteiger partial charge in [0.15, 0.2) is 0 Å². The van der Waals surface area contributed by atoms with E-state index in [9.17, 15) is 0 Å². The van der Waals surface area contributed by atoms with Gasteiger partial charge in [0.25, 0.3) is 0 Å². The molecule has 0 spiro atoms. The van der Waals surface area contributed by atoms with E-state index in [4.69, 9.17) is 4.74 Å². The van der Waals surface area contributed by atoms with Crippen molar-refractivity contribution in [1.82, 2.24) is 14.8 Å². The number of pyridine rings is 1. The number of para-hydroxylation sites is 1. The van der Waals surface area contributed by atoms with Crippen LogP contribution < -0.4 is 4.74 Å². The first-order valence-corrected chi connectivity index (χ1v) is 10.1. The SMILES string of the molecule is CCN1CCCC1CN(CC1=Cc2ccccc2OC1)Cc1cccnc1. The van der Waals surface area contributed by atoms with Crippen molar-refractivity contribution in [3.8, 4) is 5.75 Å². The lowest BCUT2D eigenvalue weighted by atomic mass is 10.1. The summed E-state index contributed by atoms with van der Waals surface area (Å²) in [4.78, 5) is 9.49. The van der Waals surface area contributed by atoms with Crippen LogP contribution >= 0.6 is 0 Å². The van der Waals surface area contributed by atoms with Crippen molar-refractivity contribution < 1.29 is 4.74 Å². The molecule has 0 N–H and O–H groups in total. The predicted molar refractivity (Wildman–Crippen MR) is 110 cm³/mol. The number of likely N-dealkylation sites (N-methyl/N-ethyl adjacent to an activating group) is 1. The second kappa shape index (κ2) is 8.68. The van der Waals surface area contributed by atoms with Gasteiger partial charge in [0.1, 0.15) is 12.4 Å². The highest BCUT2D eigenvalue weighted by atomic mass is 16.5. The summed E-state index contributed by atoms with van der Waals surface area (Å²) < 4.78 is 5.98. The molecule has 4 rings (SSSR count). The molecule has 4 heteroatoms. The highest BCUT2D eigenvalue weighted by Crippen LogP contribution is 2.27. The van der Waals surface area contributed by atoms with E-state index in [0.29, 0.717) is 12.6 Å². The molecule has 1 unspecified atom stereocenters. The summed E-state index contributed by atoms with van der Waals surface area (Å²) in [5, 5.41) is 0. The summed E-state index contributed by atoms with van der Waals surface area (Å²) in [5.74, 6) is 0.994. The van der Waals surface area contributed by atoms with Crippen LogP contribution in [0.3, 0.4) is 0 Å². The minimum absolute atomic E-state index is 0.657. The number of fused-ring (bicyclic) bond motifs is 1. The van der Waals surface area contributed by atoms with Crippen molar-refractivity contribution in [3.63, 3.8) is 0 Å². The fraction of sp³-hybridized carbons (Fsp3) is 0.435. The van der Waals surface area contributed by atoms with Gasteiger partial charge in [-0.3, -0.25) is 14.8 Å². The molecule has 27 heavy (non-hydrogen) atoms. The van der Waals surface area contributed by atoms with Crippen LogP contribution in [0, 0.1) is 0 Å². The quantitative estimate of drug-likeness (QED) is 0.747. The Labute approximate surface area is 162 Å². The molecule has 1 atom stereocenters. The molecule has 1 fully saturated rings. The zero-order valence-electron chi connectivity index (χ0n) is 16.2. The standard InChI is InChI=1S/C23H29N3O/c1-2-26-12-6-9-22(26)17-25(15-19-7-5-11-24-14-19)16-20-13-21-8-3-4-10-23(21)27-18-20/h3-5,7-8,10-11,13-14,22H,2,6,9,12,15-18H2,1H3. The van der Waals surface area contributed by atoms with Crippen LogP contribution in [0.1, 0.15) is 30.9 Å². The van der Waals surface area contributed by atoms with Gasteiger partial charge in [-0.1, -0.05) is 31.2 Å². The third-order valence-corrected chi connectivity index (χ3v) is 5.62. The van der Waals surface area contributed by atoms with E-state index in [0.717, 1.165) is 31.9 Å².